The molecule has 0 saturated carbocycles. The SMILES string of the molecule is CCCCOc1ccc2nc(SNCC)sc2c1.CCCCOc1cccc2nc(SNCC)sc12. The van der Waals surface area contributed by atoms with Crippen LogP contribution in [0.25, 0.3) is 20.4 Å². The van der Waals surface area contributed by atoms with Gasteiger partial charge in [0.15, 0.2) is 8.68 Å². The van der Waals surface area contributed by atoms with Crippen molar-refractivity contribution in [3.05, 3.63) is 36.4 Å². The van der Waals surface area contributed by atoms with E-state index in [9.17, 15) is 0 Å². The lowest BCUT2D eigenvalue weighted by molar-refractivity contribution is 0.310. The molecule has 36 heavy (non-hydrogen) atoms. The fourth-order valence-electron chi connectivity index (χ4n) is 3.01. The number of benzene rings is 2. The number of fused-ring (bicyclic) bond motifs is 2. The highest BCUT2D eigenvalue weighted by Gasteiger charge is 2.09. The summed E-state index contributed by atoms with van der Waals surface area (Å²) in [4.78, 5) is 9.13. The Bertz CT molecular complexity index is 1180. The quantitative estimate of drug-likeness (QED) is 0.117. The van der Waals surface area contributed by atoms with Crippen LogP contribution in [0, 0.1) is 0 Å². The summed E-state index contributed by atoms with van der Waals surface area (Å²) < 4.78 is 22.4. The molecular formula is C26H36N4O2S4. The first-order valence-electron chi connectivity index (χ1n) is 12.5. The summed E-state index contributed by atoms with van der Waals surface area (Å²) in [6.07, 6.45) is 4.50. The minimum absolute atomic E-state index is 0.781. The summed E-state index contributed by atoms with van der Waals surface area (Å²) in [5.74, 6) is 1.90. The van der Waals surface area contributed by atoms with Gasteiger partial charge < -0.3 is 9.47 Å². The van der Waals surface area contributed by atoms with Crippen molar-refractivity contribution in [2.45, 2.75) is 62.1 Å². The Kier molecular flexibility index (Phi) is 13.1. The lowest BCUT2D eigenvalue weighted by atomic mass is 10.3. The van der Waals surface area contributed by atoms with Crippen LogP contribution < -0.4 is 18.9 Å². The topological polar surface area (TPSA) is 68.3 Å². The third-order valence-corrected chi connectivity index (χ3v) is 8.92. The number of nitrogens with one attached hydrogen (secondary N) is 2. The molecule has 2 N–H and O–H groups in total. The average molecular weight is 565 g/mol. The minimum Gasteiger partial charge on any atom is -0.494 e. The molecule has 2 aromatic heterocycles. The summed E-state index contributed by atoms with van der Waals surface area (Å²) in [5, 5.41) is 0. The molecule has 196 valence electrons. The van der Waals surface area contributed by atoms with Gasteiger partial charge in [0.1, 0.15) is 11.5 Å². The van der Waals surface area contributed by atoms with Gasteiger partial charge in [-0.25, -0.2) is 9.97 Å². The standard InChI is InChI=1S/2C13H18N2OS2/c1-3-5-9-16-11-8-6-7-10-12(11)17-13(15-10)18-14-4-2;1-3-5-8-16-10-6-7-11-12(9-10)17-13(15-11)18-14-4-2/h6-8,14H,3-5,9H2,1-2H3;6-7,9,14H,3-5,8H2,1-2H3. The van der Waals surface area contributed by atoms with Crippen molar-refractivity contribution in [3.63, 3.8) is 0 Å². The van der Waals surface area contributed by atoms with Gasteiger partial charge in [0.05, 0.1) is 33.6 Å². The Morgan fingerprint density at radius 3 is 2.14 bits per heavy atom. The number of hydrogen-bond donors (Lipinski definition) is 2. The minimum atomic E-state index is 0.781. The highest BCUT2D eigenvalue weighted by Crippen LogP contribution is 2.34. The third-order valence-electron chi connectivity index (χ3n) is 4.83. The van der Waals surface area contributed by atoms with E-state index in [1.54, 1.807) is 46.6 Å². The maximum Gasteiger partial charge on any atom is 0.166 e. The van der Waals surface area contributed by atoms with Crippen molar-refractivity contribution in [3.8, 4) is 11.5 Å². The molecule has 0 unspecified atom stereocenters. The second kappa shape index (κ2) is 16.3. The van der Waals surface area contributed by atoms with Crippen LogP contribution in [-0.2, 0) is 0 Å². The van der Waals surface area contributed by atoms with E-state index >= 15 is 0 Å². The number of hydrogen-bond acceptors (Lipinski definition) is 10. The molecule has 2 aromatic carbocycles. The van der Waals surface area contributed by atoms with Crippen molar-refractivity contribution < 1.29 is 9.47 Å². The Morgan fingerprint density at radius 1 is 0.778 bits per heavy atom. The summed E-state index contributed by atoms with van der Waals surface area (Å²) in [7, 11) is 0. The zero-order valence-electron chi connectivity index (χ0n) is 21.5. The molecular weight excluding hydrogens is 529 g/mol. The average Bonchev–Trinajstić information content (AvgIpc) is 3.50. The lowest BCUT2D eigenvalue weighted by Gasteiger charge is -2.05. The summed E-state index contributed by atoms with van der Waals surface area (Å²) in [5.41, 5.74) is 2.07. The van der Waals surface area contributed by atoms with E-state index in [4.69, 9.17) is 9.47 Å². The predicted molar refractivity (Wildman–Crippen MR) is 159 cm³/mol. The second-order valence-corrected chi connectivity index (χ2v) is 12.1. The van der Waals surface area contributed by atoms with E-state index in [1.165, 1.54) is 4.70 Å². The van der Waals surface area contributed by atoms with E-state index in [0.29, 0.717) is 0 Å². The van der Waals surface area contributed by atoms with E-state index in [2.05, 4.69) is 53.2 Å². The molecule has 0 aliphatic rings. The van der Waals surface area contributed by atoms with Gasteiger partial charge in [0.2, 0.25) is 0 Å². The normalized spacial score (nSPS) is 11.0. The summed E-state index contributed by atoms with van der Waals surface area (Å²) in [6, 6.07) is 12.2. The van der Waals surface area contributed by atoms with Crippen LogP contribution in [-0.4, -0.2) is 36.3 Å². The van der Waals surface area contributed by atoms with Gasteiger partial charge in [-0.15, -0.1) is 22.7 Å². The van der Waals surface area contributed by atoms with E-state index in [-0.39, 0.29) is 0 Å². The largest absolute Gasteiger partial charge is 0.494 e. The van der Waals surface area contributed by atoms with Gasteiger partial charge in [-0.1, -0.05) is 46.6 Å². The molecule has 2 heterocycles. The van der Waals surface area contributed by atoms with Gasteiger partial charge in [-0.05, 0) is 67.1 Å². The molecule has 0 aliphatic carbocycles. The molecule has 0 fully saturated rings. The first-order valence-corrected chi connectivity index (χ1v) is 15.8. The third kappa shape index (κ3) is 9.08. The predicted octanol–water partition coefficient (Wildman–Crippen LogP) is 8.18. The molecule has 0 spiro atoms. The van der Waals surface area contributed by atoms with Crippen molar-refractivity contribution in [1.82, 2.24) is 19.4 Å². The van der Waals surface area contributed by atoms with Gasteiger partial charge in [0.25, 0.3) is 0 Å². The first-order chi connectivity index (χ1) is 17.7. The fourth-order valence-corrected chi connectivity index (χ4v) is 6.53. The van der Waals surface area contributed by atoms with Crippen LogP contribution in [0.5, 0.6) is 11.5 Å². The molecule has 0 bridgehead atoms. The number of nitrogens with zero attached hydrogens (tertiary/aromatic N) is 2. The molecule has 10 heteroatoms. The van der Waals surface area contributed by atoms with Crippen LogP contribution in [0.3, 0.4) is 0 Å². The Hall–Kier alpha value is -1.56. The number of ether oxygens (including phenoxy) is 2. The number of rotatable bonds is 14. The van der Waals surface area contributed by atoms with Crippen molar-refractivity contribution in [2.24, 2.45) is 0 Å². The van der Waals surface area contributed by atoms with Crippen LogP contribution in [0.15, 0.2) is 45.1 Å². The maximum absolute atomic E-state index is 5.82. The highest BCUT2D eigenvalue weighted by molar-refractivity contribution is 7.99. The summed E-state index contributed by atoms with van der Waals surface area (Å²) in [6.45, 7) is 11.9. The zero-order chi connectivity index (χ0) is 25.6. The highest BCUT2D eigenvalue weighted by atomic mass is 32.2. The molecule has 0 aliphatic heterocycles. The molecule has 4 rings (SSSR count). The monoisotopic (exact) mass is 564 g/mol. The number of aromatic nitrogens is 2. The van der Waals surface area contributed by atoms with Crippen LogP contribution in [0.2, 0.25) is 0 Å². The van der Waals surface area contributed by atoms with Crippen LogP contribution in [0.4, 0.5) is 0 Å². The Balaban J connectivity index is 0.000000201. The van der Waals surface area contributed by atoms with Crippen molar-refractivity contribution in [2.75, 3.05) is 26.3 Å². The Morgan fingerprint density at radius 2 is 1.44 bits per heavy atom. The molecule has 4 aromatic rings. The van der Waals surface area contributed by atoms with E-state index < -0.39 is 0 Å². The fraction of sp³-hybridized carbons (Fsp3) is 0.462. The number of thiazole rings is 2. The van der Waals surface area contributed by atoms with E-state index in [0.717, 1.165) is 87.9 Å². The van der Waals surface area contributed by atoms with Gasteiger partial charge in [-0.2, -0.15) is 0 Å². The molecule has 0 radical (unpaired) electrons. The van der Waals surface area contributed by atoms with Gasteiger partial charge >= 0.3 is 0 Å². The Labute approximate surface area is 231 Å². The van der Waals surface area contributed by atoms with Crippen molar-refractivity contribution >= 4 is 67.0 Å². The smallest absolute Gasteiger partial charge is 0.166 e. The number of unbranched alkanes of at least 4 members (excludes halogenated alkanes) is 2. The van der Waals surface area contributed by atoms with Gasteiger partial charge in [0, 0.05) is 13.1 Å². The van der Waals surface area contributed by atoms with Gasteiger partial charge in [-0.3, -0.25) is 9.44 Å². The summed E-state index contributed by atoms with van der Waals surface area (Å²) >= 11 is 6.56. The maximum atomic E-state index is 5.82. The lowest BCUT2D eigenvalue weighted by Crippen LogP contribution is -1.99. The second-order valence-electron chi connectivity index (χ2n) is 7.80. The first kappa shape index (κ1) is 29.0. The van der Waals surface area contributed by atoms with Crippen LogP contribution >= 0.6 is 46.6 Å². The molecule has 0 atom stereocenters. The molecule has 0 saturated heterocycles. The zero-order valence-corrected chi connectivity index (χ0v) is 24.7. The van der Waals surface area contributed by atoms with Crippen LogP contribution in [0.1, 0.15) is 53.4 Å². The molecule has 6 nitrogen and oxygen atoms in total. The van der Waals surface area contributed by atoms with E-state index in [1.807, 2.05) is 30.3 Å². The van der Waals surface area contributed by atoms with Crippen molar-refractivity contribution in [1.29, 1.82) is 0 Å². The molecule has 0 amide bonds.